The van der Waals surface area contributed by atoms with E-state index in [0.717, 1.165) is 24.4 Å². The molecule has 1 heterocycles. The molecule has 1 amide bonds. The van der Waals surface area contributed by atoms with Gasteiger partial charge in [0.05, 0.1) is 31.2 Å². The molecular formula is C30H31N5O5S. The topological polar surface area (TPSA) is 117 Å². The summed E-state index contributed by atoms with van der Waals surface area (Å²) < 4.78 is 18.5. The number of thioether (sulfide) groups is 1. The van der Waals surface area contributed by atoms with Gasteiger partial charge in [-0.25, -0.2) is 10.2 Å². The number of hydrogen-bond donors (Lipinski definition) is 1. The summed E-state index contributed by atoms with van der Waals surface area (Å²) in [4.78, 5) is 25.0. The lowest BCUT2D eigenvalue weighted by molar-refractivity contribution is -0.118. The molecule has 1 N–H and O–H groups in total. The molecule has 4 aromatic rings. The molecule has 0 bridgehead atoms. The van der Waals surface area contributed by atoms with E-state index >= 15 is 0 Å². The zero-order valence-corrected chi connectivity index (χ0v) is 23.9. The lowest BCUT2D eigenvalue weighted by atomic mass is 10.2. The van der Waals surface area contributed by atoms with E-state index in [2.05, 4.69) is 27.6 Å². The monoisotopic (exact) mass is 573 g/mol. The highest BCUT2D eigenvalue weighted by molar-refractivity contribution is 7.99. The molecule has 0 atom stereocenters. The van der Waals surface area contributed by atoms with E-state index in [9.17, 15) is 9.59 Å². The molecular weight excluding hydrogens is 542 g/mol. The average Bonchev–Trinajstić information content (AvgIpc) is 3.37. The van der Waals surface area contributed by atoms with Gasteiger partial charge in [-0.2, -0.15) is 5.10 Å². The number of para-hydroxylation sites is 1. The summed E-state index contributed by atoms with van der Waals surface area (Å²) in [5.74, 6) is 1.32. The second-order valence-corrected chi connectivity index (χ2v) is 9.75. The van der Waals surface area contributed by atoms with Crippen LogP contribution in [0.2, 0.25) is 0 Å². The minimum absolute atomic E-state index is 0.104. The molecule has 0 aliphatic heterocycles. The number of carbonyl (C=O) groups excluding carboxylic acids is 2. The molecule has 3 aromatic carbocycles. The zero-order chi connectivity index (χ0) is 29.0. The fraction of sp³-hybridized carbons (Fsp3) is 0.233. The minimum atomic E-state index is -0.520. The van der Waals surface area contributed by atoms with E-state index in [1.807, 2.05) is 41.8 Å². The van der Waals surface area contributed by atoms with Crippen molar-refractivity contribution in [2.45, 2.75) is 31.8 Å². The summed E-state index contributed by atoms with van der Waals surface area (Å²) >= 11 is 1.26. The van der Waals surface area contributed by atoms with Gasteiger partial charge >= 0.3 is 5.97 Å². The normalized spacial score (nSPS) is 10.9. The highest BCUT2D eigenvalue weighted by atomic mass is 32.2. The number of hydrogen-bond acceptors (Lipinski definition) is 9. The second kappa shape index (κ2) is 14.7. The van der Waals surface area contributed by atoms with Crippen molar-refractivity contribution in [1.29, 1.82) is 0 Å². The van der Waals surface area contributed by atoms with Crippen molar-refractivity contribution in [3.8, 4) is 22.9 Å². The summed E-state index contributed by atoms with van der Waals surface area (Å²) in [6, 6.07) is 21.5. The maximum absolute atomic E-state index is 12.6. The quantitative estimate of drug-likeness (QED) is 0.0578. The van der Waals surface area contributed by atoms with E-state index in [4.69, 9.17) is 14.2 Å². The van der Waals surface area contributed by atoms with Crippen LogP contribution < -0.4 is 19.6 Å². The first-order valence-corrected chi connectivity index (χ1v) is 14.0. The third-order valence-corrected chi connectivity index (χ3v) is 6.72. The number of amides is 1. The Bertz CT molecular complexity index is 1490. The highest BCUT2D eigenvalue weighted by Gasteiger charge is 2.14. The molecule has 11 heteroatoms. The summed E-state index contributed by atoms with van der Waals surface area (Å²) in [5, 5.41) is 13.0. The van der Waals surface area contributed by atoms with Crippen LogP contribution in [0, 0.1) is 6.92 Å². The van der Waals surface area contributed by atoms with Gasteiger partial charge in [0.15, 0.2) is 16.7 Å². The standard InChI is InChI=1S/C30H31N5O5S/c1-4-5-17-39-25-14-12-23(13-15-25)29(37)40-26-16-11-22(18-27(26)38-3)19-31-33-28(36)20-41-30-34-32-21(2)35(30)24-9-7-6-8-10-24/h6-16,18-19H,4-5,17,20H2,1-3H3,(H,33,36)/b31-19-. The van der Waals surface area contributed by atoms with Gasteiger partial charge in [-0.05, 0) is 73.5 Å². The fourth-order valence-electron chi connectivity index (χ4n) is 3.68. The van der Waals surface area contributed by atoms with Crippen LogP contribution in [0.4, 0.5) is 0 Å². The first kappa shape index (κ1) is 29.3. The third kappa shape index (κ3) is 8.18. The van der Waals surface area contributed by atoms with E-state index in [-0.39, 0.29) is 17.4 Å². The first-order chi connectivity index (χ1) is 20.0. The Kier molecular flexibility index (Phi) is 10.5. The number of ether oxygens (including phenoxy) is 3. The molecule has 0 aliphatic rings. The average molecular weight is 574 g/mol. The van der Waals surface area contributed by atoms with Gasteiger partial charge in [0.1, 0.15) is 11.6 Å². The molecule has 10 nitrogen and oxygen atoms in total. The number of nitrogens with one attached hydrogen (secondary N) is 1. The Hall–Kier alpha value is -4.64. The third-order valence-electron chi connectivity index (χ3n) is 5.79. The van der Waals surface area contributed by atoms with E-state index in [0.29, 0.717) is 34.4 Å². The Morgan fingerprint density at radius 2 is 1.80 bits per heavy atom. The first-order valence-electron chi connectivity index (χ1n) is 13.0. The van der Waals surface area contributed by atoms with Gasteiger partial charge in [0, 0.05) is 5.69 Å². The van der Waals surface area contributed by atoms with Gasteiger partial charge in [0.2, 0.25) is 0 Å². The Morgan fingerprint density at radius 1 is 1.02 bits per heavy atom. The lowest BCUT2D eigenvalue weighted by Crippen LogP contribution is -2.20. The number of nitrogens with zero attached hydrogens (tertiary/aromatic N) is 4. The number of esters is 1. The molecule has 0 radical (unpaired) electrons. The minimum Gasteiger partial charge on any atom is -0.494 e. The molecule has 0 aliphatic carbocycles. The molecule has 0 fully saturated rings. The predicted octanol–water partition coefficient (Wildman–Crippen LogP) is 5.22. The number of aryl methyl sites for hydroxylation is 1. The van der Waals surface area contributed by atoms with Crippen LogP contribution >= 0.6 is 11.8 Å². The van der Waals surface area contributed by atoms with Gasteiger partial charge in [-0.3, -0.25) is 9.36 Å². The molecule has 1 aromatic heterocycles. The van der Waals surface area contributed by atoms with Crippen molar-refractivity contribution >= 4 is 29.9 Å². The van der Waals surface area contributed by atoms with Crippen LogP contribution in [0.25, 0.3) is 5.69 Å². The number of carbonyl (C=O) groups is 2. The second-order valence-electron chi connectivity index (χ2n) is 8.81. The summed E-state index contributed by atoms with van der Waals surface area (Å²) in [5.41, 5.74) is 4.46. The zero-order valence-electron chi connectivity index (χ0n) is 23.1. The SMILES string of the molecule is CCCCOc1ccc(C(=O)Oc2ccc(/C=N\NC(=O)CSc3nnc(C)n3-c3ccccc3)cc2OC)cc1. The van der Waals surface area contributed by atoms with Crippen LogP contribution in [0.15, 0.2) is 83.1 Å². The Morgan fingerprint density at radius 3 is 2.54 bits per heavy atom. The van der Waals surface area contributed by atoms with Crippen molar-refractivity contribution < 1.29 is 23.8 Å². The smallest absolute Gasteiger partial charge is 0.343 e. The van der Waals surface area contributed by atoms with Gasteiger partial charge < -0.3 is 14.2 Å². The fourth-order valence-corrected chi connectivity index (χ4v) is 4.47. The molecule has 0 saturated heterocycles. The number of benzene rings is 3. The number of methoxy groups -OCH3 is 1. The predicted molar refractivity (Wildman–Crippen MR) is 157 cm³/mol. The largest absolute Gasteiger partial charge is 0.494 e. The van der Waals surface area contributed by atoms with Crippen molar-refractivity contribution in [1.82, 2.24) is 20.2 Å². The highest BCUT2D eigenvalue weighted by Crippen LogP contribution is 2.29. The van der Waals surface area contributed by atoms with Gasteiger partial charge in [-0.1, -0.05) is 43.3 Å². The van der Waals surface area contributed by atoms with E-state index < -0.39 is 5.97 Å². The van der Waals surface area contributed by atoms with Crippen LogP contribution in [0.3, 0.4) is 0 Å². The number of unbranched alkanes of at least 4 members (excludes halogenated alkanes) is 1. The van der Waals surface area contributed by atoms with Gasteiger partial charge in [-0.15, -0.1) is 10.2 Å². The van der Waals surface area contributed by atoms with Crippen LogP contribution in [0.1, 0.15) is 41.5 Å². The number of hydrazone groups is 1. The van der Waals surface area contributed by atoms with Gasteiger partial charge in [0.25, 0.3) is 5.91 Å². The van der Waals surface area contributed by atoms with Crippen molar-refractivity contribution in [2.24, 2.45) is 5.10 Å². The summed E-state index contributed by atoms with van der Waals surface area (Å²) in [6.07, 6.45) is 3.49. The van der Waals surface area contributed by atoms with Crippen LogP contribution in [-0.4, -0.2) is 52.3 Å². The molecule has 41 heavy (non-hydrogen) atoms. The Labute approximate surface area is 242 Å². The van der Waals surface area contributed by atoms with Crippen molar-refractivity contribution in [3.63, 3.8) is 0 Å². The van der Waals surface area contributed by atoms with Crippen molar-refractivity contribution in [3.05, 3.63) is 89.7 Å². The van der Waals surface area contributed by atoms with Crippen molar-refractivity contribution in [2.75, 3.05) is 19.5 Å². The number of rotatable bonds is 13. The molecule has 212 valence electrons. The number of aromatic nitrogens is 3. The summed E-state index contributed by atoms with van der Waals surface area (Å²) in [7, 11) is 1.48. The molecule has 4 rings (SSSR count). The summed E-state index contributed by atoms with van der Waals surface area (Å²) in [6.45, 7) is 4.59. The van der Waals surface area contributed by atoms with E-state index in [1.54, 1.807) is 42.5 Å². The Balaban J connectivity index is 1.30. The van der Waals surface area contributed by atoms with Crippen LogP contribution in [0.5, 0.6) is 17.2 Å². The maximum atomic E-state index is 12.6. The maximum Gasteiger partial charge on any atom is 0.343 e. The molecule has 0 saturated carbocycles. The molecule has 0 spiro atoms. The molecule has 0 unspecified atom stereocenters. The lowest BCUT2D eigenvalue weighted by Gasteiger charge is -2.10. The van der Waals surface area contributed by atoms with E-state index in [1.165, 1.54) is 25.1 Å². The van der Waals surface area contributed by atoms with Crippen LogP contribution in [-0.2, 0) is 4.79 Å².